The zero-order chi connectivity index (χ0) is 16.7. The summed E-state index contributed by atoms with van der Waals surface area (Å²) in [7, 11) is 3.19. The summed E-state index contributed by atoms with van der Waals surface area (Å²) < 4.78 is 21.4. The third-order valence-corrected chi connectivity index (χ3v) is 3.48. The molecule has 0 aliphatic carbocycles. The Morgan fingerprint density at radius 3 is 2.43 bits per heavy atom. The molecule has 1 heterocycles. The second kappa shape index (κ2) is 8.53. The van der Waals surface area contributed by atoms with Gasteiger partial charge in [-0.3, -0.25) is 4.98 Å². The van der Waals surface area contributed by atoms with Crippen LogP contribution in [-0.4, -0.2) is 45.6 Å². The number of nitrogens with zero attached hydrogens (tertiary/aromatic N) is 2. The maximum Gasteiger partial charge on any atom is 0.172 e. The van der Waals surface area contributed by atoms with Gasteiger partial charge < -0.3 is 18.9 Å². The summed E-state index contributed by atoms with van der Waals surface area (Å²) in [6.07, 6.45) is 1.44. The van der Waals surface area contributed by atoms with Gasteiger partial charge in [0.05, 0.1) is 34.7 Å². The predicted octanol–water partition coefficient (Wildman–Crippen LogP) is 2.81. The number of rotatable bonds is 8. The molecule has 0 saturated heterocycles. The average molecular weight is 337 g/mol. The molecule has 6 nitrogen and oxygen atoms in total. The summed E-state index contributed by atoms with van der Waals surface area (Å²) in [5.41, 5.74) is 0.908. The van der Waals surface area contributed by atoms with E-state index in [0.29, 0.717) is 53.9 Å². The highest BCUT2D eigenvalue weighted by atomic mass is 35.5. The van der Waals surface area contributed by atoms with E-state index in [2.05, 4.69) is 4.98 Å². The first-order valence-corrected chi connectivity index (χ1v) is 7.35. The van der Waals surface area contributed by atoms with Gasteiger partial charge in [-0.1, -0.05) is 11.6 Å². The second-order valence-corrected chi connectivity index (χ2v) is 4.95. The van der Waals surface area contributed by atoms with Crippen LogP contribution in [0.1, 0.15) is 5.56 Å². The summed E-state index contributed by atoms with van der Waals surface area (Å²) in [5.74, 6) is 0.967. The van der Waals surface area contributed by atoms with Gasteiger partial charge in [-0.05, 0) is 12.1 Å². The van der Waals surface area contributed by atoms with E-state index in [1.165, 1.54) is 6.20 Å². The molecule has 1 aromatic carbocycles. The molecule has 0 aliphatic rings. The first-order valence-electron chi connectivity index (χ1n) is 6.97. The van der Waals surface area contributed by atoms with Crippen molar-refractivity contribution in [2.24, 2.45) is 0 Å². The van der Waals surface area contributed by atoms with Crippen LogP contribution in [0.15, 0.2) is 18.3 Å². The van der Waals surface area contributed by atoms with Gasteiger partial charge in [0.25, 0.3) is 0 Å². The lowest BCUT2D eigenvalue weighted by atomic mass is 10.1. The summed E-state index contributed by atoms with van der Waals surface area (Å²) in [6.45, 7) is 1.55. The molecule has 0 bridgehead atoms. The van der Waals surface area contributed by atoms with Crippen molar-refractivity contribution in [2.75, 3.05) is 40.6 Å². The van der Waals surface area contributed by atoms with E-state index in [1.54, 1.807) is 26.4 Å². The maximum atomic E-state index is 9.14. The average Bonchev–Trinajstić information content (AvgIpc) is 2.57. The van der Waals surface area contributed by atoms with Crippen LogP contribution >= 0.6 is 11.6 Å². The smallest absolute Gasteiger partial charge is 0.172 e. The van der Waals surface area contributed by atoms with Gasteiger partial charge in [-0.25, -0.2) is 0 Å². The largest absolute Gasteiger partial charge is 0.487 e. The van der Waals surface area contributed by atoms with Crippen molar-refractivity contribution >= 4 is 22.5 Å². The van der Waals surface area contributed by atoms with Crippen LogP contribution in [0.25, 0.3) is 10.9 Å². The minimum absolute atomic E-state index is 0.282. The number of ether oxygens (including phenoxy) is 4. The third kappa shape index (κ3) is 4.02. The monoisotopic (exact) mass is 336 g/mol. The molecule has 0 radical (unpaired) electrons. The second-order valence-electron chi connectivity index (χ2n) is 4.57. The quantitative estimate of drug-likeness (QED) is 0.690. The van der Waals surface area contributed by atoms with Gasteiger partial charge in [-0.2, -0.15) is 5.26 Å². The summed E-state index contributed by atoms with van der Waals surface area (Å²) in [4.78, 5) is 4.24. The molecule has 0 amide bonds. The van der Waals surface area contributed by atoms with E-state index in [4.69, 9.17) is 35.8 Å². The molecular weight excluding hydrogens is 320 g/mol. The first-order chi connectivity index (χ1) is 11.2. The highest BCUT2D eigenvalue weighted by molar-refractivity contribution is 6.37. The maximum absolute atomic E-state index is 9.14. The number of fused-ring (bicyclic) bond motifs is 1. The molecule has 1 aromatic heterocycles. The lowest BCUT2D eigenvalue weighted by Crippen LogP contribution is -2.09. The van der Waals surface area contributed by atoms with Crippen LogP contribution < -0.4 is 9.47 Å². The molecule has 122 valence electrons. The molecule has 0 aliphatic heterocycles. The van der Waals surface area contributed by atoms with Crippen LogP contribution in [-0.2, 0) is 9.47 Å². The van der Waals surface area contributed by atoms with Gasteiger partial charge >= 0.3 is 0 Å². The molecule has 0 N–H and O–H groups in total. The lowest BCUT2D eigenvalue weighted by molar-refractivity contribution is 0.133. The van der Waals surface area contributed by atoms with Crippen molar-refractivity contribution in [3.63, 3.8) is 0 Å². The number of nitriles is 1. The fourth-order valence-electron chi connectivity index (χ4n) is 2.00. The Balaban J connectivity index is 2.49. The fourth-order valence-corrected chi connectivity index (χ4v) is 2.27. The highest BCUT2D eigenvalue weighted by Gasteiger charge is 2.17. The number of halogens is 1. The molecule has 7 heteroatoms. The van der Waals surface area contributed by atoms with Crippen LogP contribution in [0.4, 0.5) is 0 Å². The summed E-state index contributed by atoms with van der Waals surface area (Å²) in [6, 6.07) is 5.55. The van der Waals surface area contributed by atoms with Gasteiger partial charge in [0.1, 0.15) is 19.3 Å². The molecule has 23 heavy (non-hydrogen) atoms. The number of benzene rings is 1. The molecule has 0 atom stereocenters. The zero-order valence-electron chi connectivity index (χ0n) is 13.0. The Hall–Kier alpha value is -2.07. The van der Waals surface area contributed by atoms with Crippen molar-refractivity contribution in [3.8, 4) is 17.6 Å². The van der Waals surface area contributed by atoms with E-state index in [-0.39, 0.29) is 5.56 Å². The Bertz CT molecular complexity index is 715. The van der Waals surface area contributed by atoms with Crippen molar-refractivity contribution in [1.29, 1.82) is 5.26 Å². The molecule has 2 aromatic rings. The minimum atomic E-state index is 0.282. The SMILES string of the molecule is COCCOc1ccc2ncc(C#N)c(Cl)c2c1OCCOC. The van der Waals surface area contributed by atoms with E-state index in [9.17, 15) is 0 Å². The fraction of sp³-hybridized carbons (Fsp3) is 0.375. The van der Waals surface area contributed by atoms with Crippen molar-refractivity contribution < 1.29 is 18.9 Å². The van der Waals surface area contributed by atoms with Gasteiger partial charge in [-0.15, -0.1) is 0 Å². The Morgan fingerprint density at radius 2 is 1.78 bits per heavy atom. The number of aromatic nitrogens is 1. The van der Waals surface area contributed by atoms with Crippen LogP contribution in [0, 0.1) is 11.3 Å². The lowest BCUT2D eigenvalue weighted by Gasteiger charge is -2.15. The Morgan fingerprint density at radius 1 is 1.09 bits per heavy atom. The van der Waals surface area contributed by atoms with Gasteiger partial charge in [0.15, 0.2) is 11.5 Å². The normalized spacial score (nSPS) is 10.5. The highest BCUT2D eigenvalue weighted by Crippen LogP contribution is 2.40. The third-order valence-electron chi connectivity index (χ3n) is 3.09. The van der Waals surface area contributed by atoms with Crippen molar-refractivity contribution in [2.45, 2.75) is 0 Å². The Kier molecular flexibility index (Phi) is 6.41. The minimum Gasteiger partial charge on any atom is -0.487 e. The first kappa shape index (κ1) is 17.3. The summed E-state index contributed by atoms with van der Waals surface area (Å²) >= 11 is 6.34. The van der Waals surface area contributed by atoms with E-state index in [0.717, 1.165) is 0 Å². The van der Waals surface area contributed by atoms with Crippen molar-refractivity contribution in [1.82, 2.24) is 4.98 Å². The van der Waals surface area contributed by atoms with Gasteiger partial charge in [0.2, 0.25) is 0 Å². The number of hydrogen-bond acceptors (Lipinski definition) is 6. The number of methoxy groups -OCH3 is 2. The standard InChI is InChI=1S/C16H17ClN2O4/c1-20-5-7-22-13-4-3-12-14(16(13)23-8-6-21-2)15(17)11(9-18)10-19-12/h3-4,10H,5-8H2,1-2H3. The molecule has 0 fully saturated rings. The molecule has 0 saturated carbocycles. The van der Waals surface area contributed by atoms with Crippen LogP contribution in [0.2, 0.25) is 5.02 Å². The molecule has 0 spiro atoms. The predicted molar refractivity (Wildman–Crippen MR) is 86.2 cm³/mol. The van der Waals surface area contributed by atoms with Crippen LogP contribution in [0.3, 0.4) is 0 Å². The van der Waals surface area contributed by atoms with Crippen LogP contribution in [0.5, 0.6) is 11.5 Å². The Labute approximate surface area is 139 Å². The van der Waals surface area contributed by atoms with Crippen molar-refractivity contribution in [3.05, 3.63) is 28.9 Å². The number of pyridine rings is 1. The zero-order valence-corrected chi connectivity index (χ0v) is 13.7. The van der Waals surface area contributed by atoms with E-state index >= 15 is 0 Å². The van der Waals surface area contributed by atoms with Gasteiger partial charge in [0, 0.05) is 20.4 Å². The van der Waals surface area contributed by atoms with E-state index < -0.39 is 0 Å². The summed E-state index contributed by atoms with van der Waals surface area (Å²) in [5, 5.41) is 9.99. The molecule has 2 rings (SSSR count). The topological polar surface area (TPSA) is 73.6 Å². The molecular formula is C16H17ClN2O4. The number of hydrogen-bond donors (Lipinski definition) is 0. The molecule has 0 unspecified atom stereocenters. The van der Waals surface area contributed by atoms with E-state index in [1.807, 2.05) is 6.07 Å².